The van der Waals surface area contributed by atoms with Gasteiger partial charge in [-0.15, -0.1) is 10.2 Å². The number of nitrogens with zero attached hydrogens (tertiary/aromatic N) is 4. The Kier molecular flexibility index (Phi) is 2.56. The third-order valence-corrected chi connectivity index (χ3v) is 4.13. The van der Waals surface area contributed by atoms with Crippen LogP contribution in [0.15, 0.2) is 30.5 Å². The number of nitrogens with one attached hydrogen (secondary N) is 1. The van der Waals surface area contributed by atoms with Gasteiger partial charge in [0.05, 0.1) is 18.3 Å². The zero-order valence-corrected chi connectivity index (χ0v) is 11.1. The molecule has 1 N–H and O–H groups in total. The molecular weight excluding hydrogens is 258 g/mol. The first-order valence-electron chi connectivity index (χ1n) is 6.39. The maximum atomic E-state index is 4.39. The first-order chi connectivity index (χ1) is 9.40. The highest BCUT2D eigenvalue weighted by Crippen LogP contribution is 2.22. The summed E-state index contributed by atoms with van der Waals surface area (Å²) in [6, 6.07) is 8.82. The van der Waals surface area contributed by atoms with Gasteiger partial charge in [-0.1, -0.05) is 29.5 Å². The van der Waals surface area contributed by atoms with E-state index in [4.69, 9.17) is 0 Å². The van der Waals surface area contributed by atoms with Gasteiger partial charge < -0.3 is 5.32 Å². The van der Waals surface area contributed by atoms with Gasteiger partial charge in [0.2, 0.25) is 5.13 Å². The Morgan fingerprint density at radius 3 is 3.05 bits per heavy atom. The van der Waals surface area contributed by atoms with Gasteiger partial charge in [0, 0.05) is 11.4 Å². The number of hydrogen-bond acceptors (Lipinski definition) is 5. The van der Waals surface area contributed by atoms with Gasteiger partial charge in [0.25, 0.3) is 0 Å². The van der Waals surface area contributed by atoms with Crippen molar-refractivity contribution in [3.8, 4) is 5.13 Å². The lowest BCUT2D eigenvalue weighted by atomic mass is 10.3. The number of hydrogen-bond donors (Lipinski definition) is 1. The lowest BCUT2D eigenvalue weighted by molar-refractivity contribution is 0.678. The fourth-order valence-electron chi connectivity index (χ4n) is 2.05. The minimum atomic E-state index is 0.692. The molecule has 0 atom stereocenters. The highest BCUT2D eigenvalue weighted by Gasteiger charge is 2.21. The molecule has 1 aromatic carbocycles. The zero-order valence-electron chi connectivity index (χ0n) is 10.3. The molecule has 3 aromatic rings. The largest absolute Gasteiger partial charge is 0.308 e. The third kappa shape index (κ3) is 2.13. The Morgan fingerprint density at radius 1 is 1.26 bits per heavy atom. The average molecular weight is 271 g/mol. The van der Waals surface area contributed by atoms with Gasteiger partial charge in [-0.3, -0.25) is 0 Å². The van der Waals surface area contributed by atoms with Gasteiger partial charge in [-0.25, -0.2) is 4.68 Å². The standard InChI is InChI=1S/C13H13N5S/c1-2-4-11-9(3-1)7-15-18(11)13-17-16-12(19-13)8-14-10-5-6-10/h1-4,7,10,14H,5-6,8H2. The molecule has 0 radical (unpaired) electrons. The quantitative estimate of drug-likeness (QED) is 0.790. The van der Waals surface area contributed by atoms with Crippen LogP contribution in [0.4, 0.5) is 0 Å². The van der Waals surface area contributed by atoms with Crippen molar-refractivity contribution in [3.63, 3.8) is 0 Å². The van der Waals surface area contributed by atoms with Gasteiger partial charge in [-0.2, -0.15) is 5.10 Å². The fourth-order valence-corrected chi connectivity index (χ4v) is 2.81. The third-order valence-electron chi connectivity index (χ3n) is 3.23. The number of fused-ring (bicyclic) bond motifs is 1. The molecule has 2 aromatic heterocycles. The Balaban J connectivity index is 1.64. The minimum Gasteiger partial charge on any atom is -0.308 e. The fraction of sp³-hybridized carbons (Fsp3) is 0.308. The number of benzene rings is 1. The highest BCUT2D eigenvalue weighted by atomic mass is 32.1. The maximum Gasteiger partial charge on any atom is 0.233 e. The normalized spacial score (nSPS) is 15.2. The molecule has 1 fully saturated rings. The molecule has 4 rings (SSSR count). The van der Waals surface area contributed by atoms with Crippen LogP contribution in [0.5, 0.6) is 0 Å². The summed E-state index contributed by atoms with van der Waals surface area (Å²) in [6.45, 7) is 0.807. The monoisotopic (exact) mass is 271 g/mol. The molecule has 19 heavy (non-hydrogen) atoms. The summed E-state index contributed by atoms with van der Waals surface area (Å²) in [5.74, 6) is 0. The van der Waals surface area contributed by atoms with Crippen molar-refractivity contribution in [1.29, 1.82) is 0 Å². The Bertz CT molecular complexity index is 712. The van der Waals surface area contributed by atoms with E-state index in [2.05, 4.69) is 26.7 Å². The van der Waals surface area contributed by atoms with Crippen LogP contribution in [0.1, 0.15) is 17.8 Å². The predicted octanol–water partition coefficient (Wildman–Crippen LogP) is 2.13. The lowest BCUT2D eigenvalue weighted by Gasteiger charge is -1.97. The van der Waals surface area contributed by atoms with Crippen LogP contribution < -0.4 is 5.32 Å². The van der Waals surface area contributed by atoms with Gasteiger partial charge in [0.1, 0.15) is 5.01 Å². The number of rotatable bonds is 4. The molecular formula is C13H13N5S. The smallest absolute Gasteiger partial charge is 0.233 e. The first-order valence-corrected chi connectivity index (χ1v) is 7.21. The Morgan fingerprint density at radius 2 is 2.16 bits per heavy atom. The first kappa shape index (κ1) is 11.1. The molecule has 6 heteroatoms. The summed E-state index contributed by atoms with van der Waals surface area (Å²) in [6.07, 6.45) is 4.43. The minimum absolute atomic E-state index is 0.692. The predicted molar refractivity (Wildman–Crippen MR) is 74.4 cm³/mol. The molecule has 1 saturated carbocycles. The summed E-state index contributed by atoms with van der Waals surface area (Å²) in [5, 5.41) is 19.3. The van der Waals surface area contributed by atoms with E-state index in [1.165, 1.54) is 12.8 Å². The topological polar surface area (TPSA) is 55.6 Å². The molecule has 0 spiro atoms. The van der Waals surface area contributed by atoms with Crippen molar-refractivity contribution in [3.05, 3.63) is 35.5 Å². The molecule has 5 nitrogen and oxygen atoms in total. The lowest BCUT2D eigenvalue weighted by Crippen LogP contribution is -2.14. The summed E-state index contributed by atoms with van der Waals surface area (Å²) >= 11 is 1.59. The number of aromatic nitrogens is 4. The van der Waals surface area contributed by atoms with E-state index in [1.54, 1.807) is 11.3 Å². The van der Waals surface area contributed by atoms with Crippen LogP contribution in [-0.4, -0.2) is 26.0 Å². The van der Waals surface area contributed by atoms with Crippen LogP contribution in [0, 0.1) is 0 Å². The van der Waals surface area contributed by atoms with E-state index in [1.807, 2.05) is 29.1 Å². The van der Waals surface area contributed by atoms with Crippen molar-refractivity contribution >= 4 is 22.2 Å². The van der Waals surface area contributed by atoms with E-state index >= 15 is 0 Å². The zero-order chi connectivity index (χ0) is 12.7. The van der Waals surface area contributed by atoms with Crippen LogP contribution in [0.2, 0.25) is 0 Å². The second kappa shape index (κ2) is 4.40. The van der Waals surface area contributed by atoms with Crippen molar-refractivity contribution in [2.45, 2.75) is 25.4 Å². The summed E-state index contributed by atoms with van der Waals surface area (Å²) in [5.41, 5.74) is 1.07. The second-order valence-corrected chi connectivity index (χ2v) is 5.79. The van der Waals surface area contributed by atoms with Crippen molar-refractivity contribution in [2.24, 2.45) is 0 Å². The van der Waals surface area contributed by atoms with Gasteiger partial charge in [0.15, 0.2) is 0 Å². The van der Waals surface area contributed by atoms with Crippen molar-refractivity contribution in [2.75, 3.05) is 0 Å². The summed E-state index contributed by atoms with van der Waals surface area (Å²) < 4.78 is 1.85. The van der Waals surface area contributed by atoms with Gasteiger partial charge >= 0.3 is 0 Å². The highest BCUT2D eigenvalue weighted by molar-refractivity contribution is 7.13. The molecule has 96 valence electrons. The second-order valence-electron chi connectivity index (χ2n) is 4.75. The maximum absolute atomic E-state index is 4.39. The molecule has 0 saturated heterocycles. The molecule has 0 unspecified atom stereocenters. The van der Waals surface area contributed by atoms with E-state index in [0.29, 0.717) is 6.04 Å². The molecule has 0 bridgehead atoms. The van der Waals surface area contributed by atoms with E-state index in [9.17, 15) is 0 Å². The van der Waals surface area contributed by atoms with Crippen LogP contribution in [0.25, 0.3) is 16.0 Å². The van der Waals surface area contributed by atoms with Crippen molar-refractivity contribution < 1.29 is 0 Å². The molecule has 0 amide bonds. The van der Waals surface area contributed by atoms with E-state index in [0.717, 1.165) is 27.6 Å². The van der Waals surface area contributed by atoms with Crippen molar-refractivity contribution in [1.82, 2.24) is 25.3 Å². The average Bonchev–Trinajstić information content (AvgIpc) is 3.00. The summed E-state index contributed by atoms with van der Waals surface area (Å²) in [7, 11) is 0. The van der Waals surface area contributed by atoms with Crippen LogP contribution in [-0.2, 0) is 6.54 Å². The summed E-state index contributed by atoms with van der Waals surface area (Å²) in [4.78, 5) is 0. The van der Waals surface area contributed by atoms with Gasteiger partial charge in [-0.05, 0) is 18.9 Å². The molecule has 0 aliphatic heterocycles. The number of para-hydroxylation sites is 1. The van der Waals surface area contributed by atoms with E-state index in [-0.39, 0.29) is 0 Å². The van der Waals surface area contributed by atoms with E-state index < -0.39 is 0 Å². The van der Waals surface area contributed by atoms with Crippen LogP contribution in [0.3, 0.4) is 0 Å². The van der Waals surface area contributed by atoms with Crippen LogP contribution >= 0.6 is 11.3 Å². The molecule has 2 heterocycles. The molecule has 1 aliphatic carbocycles. The SMILES string of the molecule is c1ccc2c(c1)cnn2-c1nnc(CNC2CC2)s1. The molecule has 1 aliphatic rings. The Labute approximate surface area is 114 Å². The Hall–Kier alpha value is -1.79.